The molecule has 0 atom stereocenters. The standard InChI is InChI=1S/C31H52N4O5/c1-8-9-10-11-12-13-14-15-17-24-19-21-25(22-20-24)33-26(36)18-16-23-32-27(34-28(37)39-30(2,3)4)35-29(38)40-31(5,6)7/h19-22H,8-18,23H2,1-7H3,(H,33,36)(H2,32,34,35,37,38). The number of nitrogens with one attached hydrogen (secondary N) is 3. The molecule has 0 aliphatic heterocycles. The number of rotatable bonds is 14. The lowest BCUT2D eigenvalue weighted by Gasteiger charge is -2.21. The van der Waals surface area contributed by atoms with Crippen molar-refractivity contribution >= 4 is 29.7 Å². The third kappa shape index (κ3) is 19.0. The molecular weight excluding hydrogens is 508 g/mol. The van der Waals surface area contributed by atoms with E-state index >= 15 is 0 Å². The molecule has 9 nitrogen and oxygen atoms in total. The molecule has 40 heavy (non-hydrogen) atoms. The third-order valence-corrected chi connectivity index (χ3v) is 5.65. The van der Waals surface area contributed by atoms with Crippen molar-refractivity contribution in [2.45, 2.75) is 130 Å². The largest absolute Gasteiger partial charge is 0.444 e. The van der Waals surface area contributed by atoms with Crippen LogP contribution in [0.2, 0.25) is 0 Å². The molecule has 0 fully saturated rings. The minimum absolute atomic E-state index is 0.101. The molecule has 0 spiro atoms. The quantitative estimate of drug-likeness (QED) is 0.123. The fourth-order valence-corrected chi connectivity index (χ4v) is 3.78. The van der Waals surface area contributed by atoms with Gasteiger partial charge in [-0.1, -0.05) is 64.0 Å². The zero-order valence-electron chi connectivity index (χ0n) is 25.8. The van der Waals surface area contributed by atoms with Gasteiger partial charge in [0.15, 0.2) is 0 Å². The number of hydrogen-bond acceptors (Lipinski definition) is 5. The van der Waals surface area contributed by atoms with E-state index in [9.17, 15) is 14.4 Å². The molecule has 0 unspecified atom stereocenters. The van der Waals surface area contributed by atoms with E-state index in [1.165, 1.54) is 56.9 Å². The topological polar surface area (TPSA) is 118 Å². The zero-order chi connectivity index (χ0) is 30.0. The number of nitrogens with zero attached hydrogens (tertiary/aromatic N) is 1. The van der Waals surface area contributed by atoms with Gasteiger partial charge in [0.05, 0.1) is 0 Å². The number of alkyl carbamates (subject to hydrolysis) is 1. The van der Waals surface area contributed by atoms with Crippen molar-refractivity contribution in [3.8, 4) is 0 Å². The van der Waals surface area contributed by atoms with Gasteiger partial charge in [0.2, 0.25) is 11.9 Å². The summed E-state index contributed by atoms with van der Waals surface area (Å²) in [4.78, 5) is 40.5. The predicted molar refractivity (Wildman–Crippen MR) is 162 cm³/mol. The van der Waals surface area contributed by atoms with Crippen molar-refractivity contribution < 1.29 is 23.9 Å². The predicted octanol–water partition coefficient (Wildman–Crippen LogP) is 7.49. The molecular formula is C31H52N4O5. The van der Waals surface area contributed by atoms with E-state index in [-0.39, 0.29) is 18.3 Å². The minimum atomic E-state index is -0.852. The van der Waals surface area contributed by atoms with E-state index in [0.717, 1.165) is 12.1 Å². The molecule has 226 valence electrons. The minimum Gasteiger partial charge on any atom is -0.444 e. The summed E-state index contributed by atoms with van der Waals surface area (Å²) in [6.45, 7) is 12.9. The van der Waals surface area contributed by atoms with Crippen LogP contribution in [0.3, 0.4) is 0 Å². The number of carbonyl (C=O) groups is 3. The average Bonchev–Trinajstić information content (AvgIpc) is 2.82. The second kappa shape index (κ2) is 18.3. The Morgan fingerprint density at radius 3 is 1.93 bits per heavy atom. The highest BCUT2D eigenvalue weighted by atomic mass is 16.6. The van der Waals surface area contributed by atoms with Crippen molar-refractivity contribution in [3.05, 3.63) is 29.8 Å². The lowest BCUT2D eigenvalue weighted by molar-refractivity contribution is -0.116. The number of aliphatic imine (C=N–C) groups is 1. The van der Waals surface area contributed by atoms with Crippen LogP contribution in [0.1, 0.15) is 118 Å². The van der Waals surface area contributed by atoms with Gasteiger partial charge >= 0.3 is 12.2 Å². The highest BCUT2D eigenvalue weighted by Gasteiger charge is 2.20. The fraction of sp³-hybridized carbons (Fsp3) is 0.677. The molecule has 0 saturated heterocycles. The summed E-state index contributed by atoms with van der Waals surface area (Å²) in [5, 5.41) is 8.22. The van der Waals surface area contributed by atoms with Crippen LogP contribution in [0, 0.1) is 0 Å². The third-order valence-electron chi connectivity index (χ3n) is 5.65. The first kappa shape index (κ1) is 34.9. The van der Waals surface area contributed by atoms with Crippen molar-refractivity contribution in [3.63, 3.8) is 0 Å². The first-order valence-corrected chi connectivity index (χ1v) is 14.7. The molecule has 1 rings (SSSR count). The van der Waals surface area contributed by atoms with Gasteiger partial charge in [0, 0.05) is 18.7 Å². The first-order chi connectivity index (χ1) is 18.8. The van der Waals surface area contributed by atoms with Crippen LogP contribution >= 0.6 is 0 Å². The fourth-order valence-electron chi connectivity index (χ4n) is 3.78. The van der Waals surface area contributed by atoms with Crippen LogP contribution < -0.4 is 16.0 Å². The molecule has 0 radical (unpaired) electrons. The number of hydrogen-bond donors (Lipinski definition) is 3. The summed E-state index contributed by atoms with van der Waals surface area (Å²) in [5.74, 6) is -0.223. The van der Waals surface area contributed by atoms with Crippen LogP contribution in [0.5, 0.6) is 0 Å². The van der Waals surface area contributed by atoms with Gasteiger partial charge in [-0.2, -0.15) is 0 Å². The van der Waals surface area contributed by atoms with Crippen molar-refractivity contribution in [1.29, 1.82) is 0 Å². The number of aryl methyl sites for hydroxylation is 1. The lowest BCUT2D eigenvalue weighted by Crippen LogP contribution is -2.44. The Balaban J connectivity index is 2.44. The van der Waals surface area contributed by atoms with Gasteiger partial charge in [0.1, 0.15) is 11.2 Å². The molecule has 3 amide bonds. The highest BCUT2D eigenvalue weighted by Crippen LogP contribution is 2.15. The van der Waals surface area contributed by atoms with Gasteiger partial charge in [-0.05, 0) is 78.5 Å². The number of anilines is 1. The van der Waals surface area contributed by atoms with Crippen LogP contribution in [0.25, 0.3) is 0 Å². The summed E-state index contributed by atoms with van der Waals surface area (Å²) in [6, 6.07) is 8.01. The lowest BCUT2D eigenvalue weighted by atomic mass is 10.0. The Hall–Kier alpha value is -3.10. The monoisotopic (exact) mass is 560 g/mol. The van der Waals surface area contributed by atoms with Crippen LogP contribution in [0.15, 0.2) is 29.3 Å². The van der Waals surface area contributed by atoms with Crippen LogP contribution in [-0.4, -0.2) is 41.8 Å². The van der Waals surface area contributed by atoms with E-state index in [1.54, 1.807) is 41.5 Å². The van der Waals surface area contributed by atoms with E-state index in [0.29, 0.717) is 13.0 Å². The van der Waals surface area contributed by atoms with Gasteiger partial charge in [-0.15, -0.1) is 4.99 Å². The van der Waals surface area contributed by atoms with E-state index in [4.69, 9.17) is 9.47 Å². The number of unbranched alkanes of at least 4 members (excludes halogenated alkanes) is 7. The summed E-state index contributed by atoms with van der Waals surface area (Å²) in [7, 11) is 0. The number of ether oxygens (including phenoxy) is 2. The molecule has 3 N–H and O–H groups in total. The van der Waals surface area contributed by atoms with E-state index in [1.807, 2.05) is 12.1 Å². The van der Waals surface area contributed by atoms with E-state index in [2.05, 4.69) is 40.0 Å². The Labute approximate surface area is 241 Å². The molecule has 0 heterocycles. The Kier molecular flexibility index (Phi) is 16.0. The molecule has 0 aromatic heterocycles. The molecule has 0 saturated carbocycles. The Morgan fingerprint density at radius 1 is 0.775 bits per heavy atom. The number of guanidine groups is 1. The van der Waals surface area contributed by atoms with Gasteiger partial charge in [-0.3, -0.25) is 10.1 Å². The maximum Gasteiger partial charge on any atom is 0.437 e. The molecule has 1 aromatic rings. The van der Waals surface area contributed by atoms with Crippen molar-refractivity contribution in [2.24, 2.45) is 4.99 Å². The Morgan fingerprint density at radius 2 is 1.35 bits per heavy atom. The maximum atomic E-state index is 12.4. The number of amides is 3. The normalized spacial score (nSPS) is 12.0. The number of carbonyl (C=O) groups excluding carboxylic acids is 3. The van der Waals surface area contributed by atoms with Gasteiger partial charge < -0.3 is 20.1 Å². The van der Waals surface area contributed by atoms with E-state index < -0.39 is 23.4 Å². The SMILES string of the molecule is CCCCCCCCCCc1ccc(NC(=O)CCCN/C(=N\C(=O)OC(C)(C)C)NC(=O)OC(C)(C)C)cc1. The number of benzene rings is 1. The Bertz CT molecular complexity index is 931. The molecule has 0 aliphatic carbocycles. The average molecular weight is 561 g/mol. The van der Waals surface area contributed by atoms with Crippen molar-refractivity contribution in [2.75, 3.05) is 11.9 Å². The molecule has 9 heteroatoms. The summed E-state index contributed by atoms with van der Waals surface area (Å²) < 4.78 is 10.4. The summed E-state index contributed by atoms with van der Waals surface area (Å²) >= 11 is 0. The highest BCUT2D eigenvalue weighted by molar-refractivity contribution is 5.99. The van der Waals surface area contributed by atoms with Gasteiger partial charge in [0.25, 0.3) is 0 Å². The second-order valence-corrected chi connectivity index (χ2v) is 12.1. The molecule has 1 aromatic carbocycles. The van der Waals surface area contributed by atoms with Gasteiger partial charge in [-0.25, -0.2) is 9.59 Å². The maximum absolute atomic E-state index is 12.4. The molecule has 0 aliphatic rings. The van der Waals surface area contributed by atoms with Crippen LogP contribution in [-0.2, 0) is 20.7 Å². The zero-order valence-corrected chi connectivity index (χ0v) is 25.8. The smallest absolute Gasteiger partial charge is 0.437 e. The summed E-state index contributed by atoms with van der Waals surface area (Å²) in [6.07, 6.45) is 10.6. The van der Waals surface area contributed by atoms with Crippen molar-refractivity contribution in [1.82, 2.24) is 10.6 Å². The summed E-state index contributed by atoms with van der Waals surface area (Å²) in [5.41, 5.74) is 0.589. The van der Waals surface area contributed by atoms with Crippen LogP contribution in [0.4, 0.5) is 15.3 Å². The first-order valence-electron chi connectivity index (χ1n) is 14.7. The second-order valence-electron chi connectivity index (χ2n) is 12.1. The molecule has 0 bridgehead atoms.